The Labute approximate surface area is 115 Å². The quantitative estimate of drug-likeness (QED) is 0.779. The third kappa shape index (κ3) is 2.37. The van der Waals surface area contributed by atoms with Gasteiger partial charge >= 0.3 is 0 Å². The Morgan fingerprint density at radius 2 is 2.11 bits per heavy atom. The predicted octanol–water partition coefficient (Wildman–Crippen LogP) is 2.95. The van der Waals surface area contributed by atoms with Crippen molar-refractivity contribution in [2.75, 3.05) is 0 Å². The highest BCUT2D eigenvalue weighted by Crippen LogP contribution is 2.46. The zero-order valence-corrected chi connectivity index (χ0v) is 11.1. The van der Waals surface area contributed by atoms with Crippen LogP contribution in [0.15, 0.2) is 12.3 Å². The van der Waals surface area contributed by atoms with Gasteiger partial charge in [-0.15, -0.1) is 0 Å². The summed E-state index contributed by atoms with van der Waals surface area (Å²) in [7, 11) is 0. The Hall–Kier alpha value is -1.41. The summed E-state index contributed by atoms with van der Waals surface area (Å²) in [4.78, 5) is 16.1. The van der Waals surface area contributed by atoms with Gasteiger partial charge in [-0.2, -0.15) is 17.0 Å². The van der Waals surface area contributed by atoms with Crippen molar-refractivity contribution in [2.24, 2.45) is 5.92 Å². The first-order chi connectivity index (χ1) is 9.17. The first-order valence-corrected chi connectivity index (χ1v) is 7.37. The van der Waals surface area contributed by atoms with Crippen molar-refractivity contribution in [3.8, 4) is 6.07 Å². The first kappa shape index (κ1) is 12.6. The molecule has 0 radical (unpaired) electrons. The van der Waals surface area contributed by atoms with E-state index < -0.39 is 5.82 Å². The molecular weight excluding hydrogens is 263 g/mol. The summed E-state index contributed by atoms with van der Waals surface area (Å²) >= 11 is 1.99. The number of halogens is 1. The molecule has 0 amide bonds. The van der Waals surface area contributed by atoms with Crippen LogP contribution in [0.1, 0.15) is 41.7 Å². The monoisotopic (exact) mass is 276 g/mol. The summed E-state index contributed by atoms with van der Waals surface area (Å²) in [5, 5.41) is 9.81. The van der Waals surface area contributed by atoms with Crippen LogP contribution in [0.3, 0.4) is 0 Å². The molecule has 98 valence electrons. The number of rotatable bonds is 2. The molecule has 3 rings (SSSR count). The molecule has 3 heterocycles. The first-order valence-electron chi connectivity index (χ1n) is 6.42. The van der Waals surface area contributed by atoms with Gasteiger partial charge < -0.3 is 0 Å². The fraction of sp³-hybridized carbons (Fsp3) is 0.500. The summed E-state index contributed by atoms with van der Waals surface area (Å²) in [5.74, 6) is -0.734. The zero-order chi connectivity index (χ0) is 13.4. The second-order valence-electron chi connectivity index (χ2n) is 5.16. The summed E-state index contributed by atoms with van der Waals surface area (Å²) < 4.78 is 13.5. The zero-order valence-electron chi connectivity index (χ0n) is 10.3. The number of pyridine rings is 1. The fourth-order valence-electron chi connectivity index (χ4n) is 2.96. The number of nitriles is 1. The Bertz CT molecular complexity index is 557. The van der Waals surface area contributed by atoms with Crippen LogP contribution in [0.5, 0.6) is 0 Å². The number of fused-ring (bicyclic) bond motifs is 2. The molecule has 1 aromatic heterocycles. The minimum absolute atomic E-state index is 0.00659. The van der Waals surface area contributed by atoms with Gasteiger partial charge in [0.25, 0.3) is 0 Å². The Balaban J connectivity index is 1.80. The summed E-state index contributed by atoms with van der Waals surface area (Å²) in [5.41, 5.74) is 0.0450. The maximum absolute atomic E-state index is 13.5. The summed E-state index contributed by atoms with van der Waals surface area (Å²) in [6.07, 6.45) is 5.50. The van der Waals surface area contributed by atoms with Crippen LogP contribution in [0.4, 0.5) is 4.39 Å². The van der Waals surface area contributed by atoms with Crippen LogP contribution < -0.4 is 0 Å². The van der Waals surface area contributed by atoms with E-state index in [-0.39, 0.29) is 17.4 Å². The highest BCUT2D eigenvalue weighted by Gasteiger charge is 2.38. The van der Waals surface area contributed by atoms with Gasteiger partial charge in [-0.05, 0) is 31.7 Å². The van der Waals surface area contributed by atoms with Gasteiger partial charge in [0, 0.05) is 28.2 Å². The molecule has 1 aromatic rings. The van der Waals surface area contributed by atoms with E-state index in [0.29, 0.717) is 16.1 Å². The number of carbonyl (C=O) groups excluding carboxylic acids is 1. The largest absolute Gasteiger partial charge is 0.294 e. The van der Waals surface area contributed by atoms with Crippen molar-refractivity contribution < 1.29 is 9.18 Å². The van der Waals surface area contributed by atoms with Crippen molar-refractivity contribution in [3.63, 3.8) is 0 Å². The molecule has 0 aliphatic carbocycles. The molecule has 5 heteroatoms. The molecule has 0 N–H and O–H groups in total. The van der Waals surface area contributed by atoms with E-state index in [2.05, 4.69) is 4.98 Å². The number of aromatic nitrogens is 1. The topological polar surface area (TPSA) is 53.8 Å². The molecule has 2 aliphatic rings. The van der Waals surface area contributed by atoms with Gasteiger partial charge in [0.2, 0.25) is 0 Å². The number of carbonyl (C=O) groups is 1. The van der Waals surface area contributed by atoms with Crippen molar-refractivity contribution in [2.45, 2.75) is 36.2 Å². The van der Waals surface area contributed by atoms with Crippen molar-refractivity contribution in [3.05, 3.63) is 29.3 Å². The number of hydrogen-bond acceptors (Lipinski definition) is 4. The number of hydrogen-bond donors (Lipinski definition) is 0. The number of thioether (sulfide) groups is 1. The molecule has 2 unspecified atom stereocenters. The average molecular weight is 276 g/mol. The standard InChI is InChI=1S/C14H13FN2OS/c15-12-5-9(7-17-13(12)6-16)14(18)8-3-10-1-2-11(4-8)19-10/h5,7-8,10-11H,1-4H2. The van der Waals surface area contributed by atoms with Gasteiger partial charge in [-0.3, -0.25) is 4.79 Å². The highest BCUT2D eigenvalue weighted by molar-refractivity contribution is 8.00. The summed E-state index contributed by atoms with van der Waals surface area (Å²) in [6, 6.07) is 2.81. The van der Waals surface area contributed by atoms with E-state index in [1.165, 1.54) is 19.0 Å². The second kappa shape index (κ2) is 4.93. The third-order valence-corrected chi connectivity index (χ3v) is 5.52. The van der Waals surface area contributed by atoms with E-state index in [0.717, 1.165) is 18.9 Å². The summed E-state index contributed by atoms with van der Waals surface area (Å²) in [6.45, 7) is 0. The maximum atomic E-state index is 13.5. The average Bonchev–Trinajstić information content (AvgIpc) is 2.76. The van der Waals surface area contributed by atoms with Crippen LogP contribution in [0.2, 0.25) is 0 Å². The number of nitrogens with zero attached hydrogens (tertiary/aromatic N) is 2. The van der Waals surface area contributed by atoms with E-state index >= 15 is 0 Å². The van der Waals surface area contributed by atoms with Gasteiger partial charge in [0.1, 0.15) is 6.07 Å². The highest BCUT2D eigenvalue weighted by atomic mass is 32.2. The van der Waals surface area contributed by atoms with Crippen LogP contribution in [0, 0.1) is 23.1 Å². The minimum Gasteiger partial charge on any atom is -0.294 e. The third-order valence-electron chi connectivity index (χ3n) is 3.89. The Kier molecular flexibility index (Phi) is 3.28. The molecule has 2 atom stereocenters. The number of ketones is 1. The lowest BCUT2D eigenvalue weighted by Gasteiger charge is -2.26. The molecule has 2 bridgehead atoms. The molecule has 0 saturated carbocycles. The Morgan fingerprint density at radius 1 is 1.42 bits per heavy atom. The van der Waals surface area contributed by atoms with Crippen LogP contribution in [-0.4, -0.2) is 21.3 Å². The van der Waals surface area contributed by atoms with E-state index in [1.54, 1.807) is 6.07 Å². The molecular formula is C14H13FN2OS. The smallest absolute Gasteiger partial charge is 0.176 e. The molecule has 0 aromatic carbocycles. The normalized spacial score (nSPS) is 28.9. The molecule has 0 spiro atoms. The predicted molar refractivity (Wildman–Crippen MR) is 70.4 cm³/mol. The minimum atomic E-state index is -0.707. The fourth-order valence-corrected chi connectivity index (χ4v) is 4.74. The SMILES string of the molecule is N#Cc1ncc(C(=O)C2CC3CCC(C2)S3)cc1F. The number of Topliss-reactive ketones (excluding diaryl/α,β-unsaturated/α-hetero) is 1. The van der Waals surface area contributed by atoms with E-state index in [9.17, 15) is 9.18 Å². The van der Waals surface area contributed by atoms with Crippen molar-refractivity contribution in [1.29, 1.82) is 5.26 Å². The van der Waals surface area contributed by atoms with Crippen LogP contribution in [-0.2, 0) is 0 Å². The van der Waals surface area contributed by atoms with Crippen LogP contribution >= 0.6 is 11.8 Å². The van der Waals surface area contributed by atoms with E-state index in [1.807, 2.05) is 11.8 Å². The second-order valence-corrected chi connectivity index (χ2v) is 6.76. The Morgan fingerprint density at radius 3 is 2.68 bits per heavy atom. The van der Waals surface area contributed by atoms with Gasteiger partial charge in [-0.25, -0.2) is 9.37 Å². The van der Waals surface area contributed by atoms with Crippen molar-refractivity contribution >= 4 is 17.5 Å². The lowest BCUT2D eigenvalue weighted by Crippen LogP contribution is -2.25. The van der Waals surface area contributed by atoms with Crippen molar-refractivity contribution in [1.82, 2.24) is 4.98 Å². The molecule has 2 saturated heterocycles. The lowest BCUT2D eigenvalue weighted by molar-refractivity contribution is 0.0906. The maximum Gasteiger partial charge on any atom is 0.176 e. The van der Waals surface area contributed by atoms with Gasteiger partial charge in [0.05, 0.1) is 0 Å². The molecule has 3 nitrogen and oxygen atoms in total. The lowest BCUT2D eigenvalue weighted by atomic mass is 9.91. The van der Waals surface area contributed by atoms with Crippen LogP contribution in [0.25, 0.3) is 0 Å². The van der Waals surface area contributed by atoms with Gasteiger partial charge in [-0.1, -0.05) is 0 Å². The van der Waals surface area contributed by atoms with Gasteiger partial charge in [0.15, 0.2) is 17.3 Å². The van der Waals surface area contributed by atoms with E-state index in [4.69, 9.17) is 5.26 Å². The molecule has 2 fully saturated rings. The molecule has 2 aliphatic heterocycles. The molecule has 19 heavy (non-hydrogen) atoms.